The minimum atomic E-state index is -0.956. The summed E-state index contributed by atoms with van der Waals surface area (Å²) in [5.74, 6) is 0.499. The van der Waals surface area contributed by atoms with E-state index in [1.54, 1.807) is 0 Å². The maximum Gasteiger partial charge on any atom is 0.540 e. The van der Waals surface area contributed by atoms with E-state index >= 15 is 0 Å². The maximum absolute atomic E-state index is 11.6. The molecule has 0 N–H and O–H groups in total. The van der Waals surface area contributed by atoms with Crippen LogP contribution in [-0.4, -0.2) is 42.1 Å². The van der Waals surface area contributed by atoms with Crippen LogP contribution in [0.15, 0.2) is 12.2 Å². The topological polar surface area (TPSA) is 82.1 Å². The molecule has 2 amide bonds. The van der Waals surface area contributed by atoms with Crippen LogP contribution in [0.5, 0.6) is 0 Å². The Morgan fingerprint density at radius 2 is 1.92 bits per heavy atom. The van der Waals surface area contributed by atoms with E-state index in [1.807, 2.05) is 0 Å². The van der Waals surface area contributed by atoms with Gasteiger partial charge < -0.3 is 4.74 Å². The largest absolute Gasteiger partial charge is 0.540 e. The Labute approximate surface area is 141 Å². The van der Waals surface area contributed by atoms with Crippen LogP contribution >= 0.6 is 0 Å². The lowest BCUT2D eigenvalue weighted by atomic mass is 9.75. The van der Waals surface area contributed by atoms with Gasteiger partial charge in [-0.25, -0.2) is 4.79 Å². The number of hydrogen-bond donors (Lipinski definition) is 0. The third-order valence-electron chi connectivity index (χ3n) is 4.64. The van der Waals surface area contributed by atoms with Gasteiger partial charge in [0.05, 0.1) is 6.54 Å². The van der Waals surface area contributed by atoms with Crippen LogP contribution in [0.3, 0.4) is 0 Å². The average molecular weight is 339 g/mol. The number of carbonyl (C=O) groups is 3. The van der Waals surface area contributed by atoms with Gasteiger partial charge in [-0.05, 0) is 30.6 Å². The van der Waals surface area contributed by atoms with Gasteiger partial charge in [0.15, 0.2) is 0 Å². The fourth-order valence-corrected chi connectivity index (χ4v) is 3.22. The molecular formula is C17H25NO6. The molecule has 3 atom stereocenters. The van der Waals surface area contributed by atoms with Gasteiger partial charge in [-0.15, -0.1) is 0 Å². The molecule has 2 aliphatic rings. The lowest BCUT2D eigenvalue weighted by molar-refractivity contribution is -0.306. The highest BCUT2D eigenvalue weighted by Crippen LogP contribution is 2.35. The van der Waals surface area contributed by atoms with Crippen LogP contribution in [0.1, 0.15) is 40.0 Å². The summed E-state index contributed by atoms with van der Waals surface area (Å²) < 4.78 is 4.85. The molecule has 2 rings (SSSR count). The summed E-state index contributed by atoms with van der Waals surface area (Å²) in [6, 6.07) is 0. The second-order valence-corrected chi connectivity index (χ2v) is 6.80. The number of rotatable bonds is 6. The Morgan fingerprint density at radius 1 is 1.25 bits per heavy atom. The van der Waals surface area contributed by atoms with Crippen molar-refractivity contribution in [3.63, 3.8) is 0 Å². The monoisotopic (exact) mass is 339 g/mol. The molecule has 1 aliphatic carbocycles. The zero-order chi connectivity index (χ0) is 17.7. The van der Waals surface area contributed by atoms with E-state index in [9.17, 15) is 14.4 Å². The third kappa shape index (κ3) is 4.80. The molecule has 0 radical (unpaired) electrons. The van der Waals surface area contributed by atoms with Crippen molar-refractivity contribution < 1.29 is 28.9 Å². The van der Waals surface area contributed by atoms with Crippen molar-refractivity contribution in [3.8, 4) is 0 Å². The van der Waals surface area contributed by atoms with Crippen molar-refractivity contribution in [2.24, 2.45) is 17.8 Å². The number of hydrogen-bond acceptors (Lipinski definition) is 6. The van der Waals surface area contributed by atoms with Crippen molar-refractivity contribution in [1.29, 1.82) is 0 Å². The van der Waals surface area contributed by atoms with E-state index in [-0.39, 0.29) is 19.3 Å². The van der Waals surface area contributed by atoms with Crippen LogP contribution < -0.4 is 0 Å². The van der Waals surface area contributed by atoms with E-state index in [2.05, 4.69) is 20.8 Å². The summed E-state index contributed by atoms with van der Waals surface area (Å²) in [6.45, 7) is 6.29. The Balaban J connectivity index is 1.70. The predicted molar refractivity (Wildman–Crippen MR) is 84.5 cm³/mol. The smallest absolute Gasteiger partial charge is 0.430 e. The minimum Gasteiger partial charge on any atom is -0.430 e. The molecule has 1 fully saturated rings. The van der Waals surface area contributed by atoms with Gasteiger partial charge in [0.2, 0.25) is 0 Å². The van der Waals surface area contributed by atoms with E-state index in [1.165, 1.54) is 12.2 Å². The summed E-state index contributed by atoms with van der Waals surface area (Å²) in [5.41, 5.74) is 0. The van der Waals surface area contributed by atoms with Crippen LogP contribution in [-0.2, 0) is 24.1 Å². The molecule has 0 bridgehead atoms. The molecule has 0 aromatic carbocycles. The van der Waals surface area contributed by atoms with Crippen molar-refractivity contribution in [3.05, 3.63) is 12.2 Å². The van der Waals surface area contributed by atoms with Crippen molar-refractivity contribution in [2.45, 2.75) is 46.1 Å². The third-order valence-corrected chi connectivity index (χ3v) is 4.64. The standard InChI is InChI=1S/C17H25NO6/c1-11(2)13-5-4-12(3)10-14(13)23-24-17(21)22-9-8-18-15(19)6-7-16(18)20/h6-7,11-14H,4-5,8-10H2,1-3H3. The maximum atomic E-state index is 11.6. The molecular weight excluding hydrogens is 314 g/mol. The van der Waals surface area contributed by atoms with Gasteiger partial charge in [-0.3, -0.25) is 19.4 Å². The van der Waals surface area contributed by atoms with Gasteiger partial charge in [0, 0.05) is 12.2 Å². The fraction of sp³-hybridized carbons (Fsp3) is 0.706. The van der Waals surface area contributed by atoms with E-state index in [0.29, 0.717) is 17.8 Å². The molecule has 0 aromatic heterocycles. The summed E-state index contributed by atoms with van der Waals surface area (Å²) in [7, 11) is 0. The Kier molecular flexibility index (Phi) is 6.36. The van der Waals surface area contributed by atoms with Crippen LogP contribution in [0.4, 0.5) is 4.79 Å². The Morgan fingerprint density at radius 3 is 2.54 bits per heavy atom. The molecule has 24 heavy (non-hydrogen) atoms. The van der Waals surface area contributed by atoms with Crippen molar-refractivity contribution >= 4 is 18.0 Å². The molecule has 134 valence electrons. The lowest BCUT2D eigenvalue weighted by Gasteiger charge is -2.35. The predicted octanol–water partition coefficient (Wildman–Crippen LogP) is 2.46. The first-order valence-corrected chi connectivity index (χ1v) is 8.42. The van der Waals surface area contributed by atoms with Crippen LogP contribution in [0, 0.1) is 17.8 Å². The normalized spacial score (nSPS) is 27.0. The van der Waals surface area contributed by atoms with Gasteiger partial charge in [-0.1, -0.05) is 27.2 Å². The fourth-order valence-electron chi connectivity index (χ4n) is 3.22. The van der Waals surface area contributed by atoms with Crippen LogP contribution in [0.2, 0.25) is 0 Å². The zero-order valence-electron chi connectivity index (χ0n) is 14.4. The number of amides is 2. The van der Waals surface area contributed by atoms with E-state index in [0.717, 1.165) is 24.2 Å². The average Bonchev–Trinajstić information content (AvgIpc) is 2.84. The first-order valence-electron chi connectivity index (χ1n) is 8.42. The Bertz CT molecular complexity index is 497. The van der Waals surface area contributed by atoms with Crippen LogP contribution in [0.25, 0.3) is 0 Å². The molecule has 1 heterocycles. The zero-order valence-corrected chi connectivity index (χ0v) is 14.4. The first-order chi connectivity index (χ1) is 11.4. The summed E-state index contributed by atoms with van der Waals surface area (Å²) in [5, 5.41) is 0. The van der Waals surface area contributed by atoms with Gasteiger partial charge in [-0.2, -0.15) is 4.89 Å². The number of nitrogens with zero attached hydrogens (tertiary/aromatic N) is 1. The van der Waals surface area contributed by atoms with Gasteiger partial charge in [0.25, 0.3) is 11.8 Å². The highest BCUT2D eigenvalue weighted by Gasteiger charge is 2.33. The lowest BCUT2D eigenvalue weighted by Crippen LogP contribution is -2.35. The minimum absolute atomic E-state index is 0.00511. The molecule has 0 saturated heterocycles. The second kappa shape index (κ2) is 8.28. The van der Waals surface area contributed by atoms with Gasteiger partial charge in [0.1, 0.15) is 12.7 Å². The molecule has 0 spiro atoms. The number of imide groups is 1. The number of ether oxygens (including phenoxy) is 1. The quantitative estimate of drug-likeness (QED) is 0.320. The molecule has 7 nitrogen and oxygen atoms in total. The van der Waals surface area contributed by atoms with Crippen molar-refractivity contribution in [1.82, 2.24) is 4.90 Å². The summed E-state index contributed by atoms with van der Waals surface area (Å²) in [4.78, 5) is 45.4. The van der Waals surface area contributed by atoms with E-state index in [4.69, 9.17) is 14.5 Å². The second-order valence-electron chi connectivity index (χ2n) is 6.80. The highest BCUT2D eigenvalue weighted by atomic mass is 17.2. The molecule has 0 aromatic rings. The highest BCUT2D eigenvalue weighted by molar-refractivity contribution is 6.12. The molecule has 3 unspecified atom stereocenters. The van der Waals surface area contributed by atoms with E-state index < -0.39 is 18.0 Å². The SMILES string of the molecule is CC1CCC(C(C)C)C(OOC(=O)OCCN2C(=O)C=CC2=O)C1. The van der Waals surface area contributed by atoms with Crippen molar-refractivity contribution in [2.75, 3.05) is 13.2 Å². The summed E-state index contributed by atoms with van der Waals surface area (Å²) >= 11 is 0. The first kappa shape index (κ1) is 18.4. The molecule has 1 aliphatic heterocycles. The molecule has 1 saturated carbocycles. The molecule has 7 heteroatoms. The summed E-state index contributed by atoms with van der Waals surface area (Å²) in [6.07, 6.45) is 4.32. The number of carbonyl (C=O) groups excluding carboxylic acids is 3. The van der Waals surface area contributed by atoms with Gasteiger partial charge >= 0.3 is 6.16 Å². The Hall–Kier alpha value is -1.89.